The lowest BCUT2D eigenvalue weighted by Gasteiger charge is -2.28. The Hall–Kier alpha value is -1.86. The van der Waals surface area contributed by atoms with E-state index in [1.165, 1.54) is 0 Å². The molecule has 0 radical (unpaired) electrons. The summed E-state index contributed by atoms with van der Waals surface area (Å²) in [6.45, 7) is 0.471. The Balaban J connectivity index is 1.69. The SMILES string of the molecule is CN(C)c1ccc(CN(C(=O)COc2ccc(Br)cc2)C2CCS(=O)C2)cc1. The highest BCUT2D eigenvalue weighted by molar-refractivity contribution is 9.10. The zero-order valence-electron chi connectivity index (χ0n) is 16.1. The van der Waals surface area contributed by atoms with Crippen molar-refractivity contribution in [3.05, 3.63) is 58.6 Å². The van der Waals surface area contributed by atoms with Gasteiger partial charge in [0.1, 0.15) is 5.75 Å². The number of nitrogens with zero attached hydrogens (tertiary/aromatic N) is 2. The molecule has 2 atom stereocenters. The van der Waals surface area contributed by atoms with Crippen LogP contribution < -0.4 is 9.64 Å². The summed E-state index contributed by atoms with van der Waals surface area (Å²) in [5.41, 5.74) is 2.17. The molecule has 1 heterocycles. The molecule has 1 aliphatic rings. The van der Waals surface area contributed by atoms with E-state index in [0.717, 1.165) is 22.1 Å². The first-order valence-corrected chi connectivity index (χ1v) is 11.5. The number of carbonyl (C=O) groups excluding carboxylic acids is 1. The minimum absolute atomic E-state index is 0.00428. The molecule has 5 nitrogen and oxygen atoms in total. The molecule has 1 amide bonds. The van der Waals surface area contributed by atoms with Crippen molar-refractivity contribution in [1.82, 2.24) is 4.90 Å². The van der Waals surface area contributed by atoms with Crippen LogP contribution in [0.1, 0.15) is 12.0 Å². The van der Waals surface area contributed by atoms with Gasteiger partial charge in [0.25, 0.3) is 5.91 Å². The van der Waals surface area contributed by atoms with Crippen molar-refractivity contribution in [1.29, 1.82) is 0 Å². The number of hydrogen-bond donors (Lipinski definition) is 0. The number of anilines is 1. The monoisotopic (exact) mass is 464 g/mol. The molecular weight excluding hydrogens is 440 g/mol. The predicted molar refractivity (Wildman–Crippen MR) is 117 cm³/mol. The van der Waals surface area contributed by atoms with Crippen LogP contribution in [0, 0.1) is 0 Å². The number of amides is 1. The fourth-order valence-electron chi connectivity index (χ4n) is 3.17. The first-order valence-electron chi connectivity index (χ1n) is 9.21. The lowest BCUT2D eigenvalue weighted by Crippen LogP contribution is -2.42. The maximum Gasteiger partial charge on any atom is 0.261 e. The number of benzene rings is 2. The molecule has 0 bridgehead atoms. The zero-order valence-corrected chi connectivity index (χ0v) is 18.5. The Morgan fingerprint density at radius 3 is 2.39 bits per heavy atom. The van der Waals surface area contributed by atoms with E-state index >= 15 is 0 Å². The van der Waals surface area contributed by atoms with Crippen molar-refractivity contribution in [2.24, 2.45) is 0 Å². The number of hydrogen-bond acceptors (Lipinski definition) is 4. The zero-order chi connectivity index (χ0) is 20.1. The van der Waals surface area contributed by atoms with Crippen LogP contribution in [0.5, 0.6) is 5.75 Å². The summed E-state index contributed by atoms with van der Waals surface area (Å²) >= 11 is 3.39. The van der Waals surface area contributed by atoms with Gasteiger partial charge in [-0.1, -0.05) is 28.1 Å². The van der Waals surface area contributed by atoms with Crippen molar-refractivity contribution in [2.75, 3.05) is 37.1 Å². The minimum atomic E-state index is -0.847. The van der Waals surface area contributed by atoms with Crippen LogP contribution in [0.25, 0.3) is 0 Å². The Labute approximate surface area is 177 Å². The topological polar surface area (TPSA) is 49.9 Å². The summed E-state index contributed by atoms with van der Waals surface area (Å²) in [4.78, 5) is 16.8. The molecule has 3 rings (SSSR count). The molecule has 2 aromatic rings. The van der Waals surface area contributed by atoms with E-state index in [9.17, 15) is 9.00 Å². The second kappa shape index (κ2) is 9.56. The minimum Gasteiger partial charge on any atom is -0.484 e. The molecule has 1 aliphatic heterocycles. The van der Waals surface area contributed by atoms with Crippen LogP contribution in [0.15, 0.2) is 53.0 Å². The first-order chi connectivity index (χ1) is 13.4. The second-order valence-electron chi connectivity index (χ2n) is 7.08. The molecule has 150 valence electrons. The fourth-order valence-corrected chi connectivity index (χ4v) is 4.91. The van der Waals surface area contributed by atoms with Crippen LogP contribution in [0.4, 0.5) is 5.69 Å². The normalized spacial score (nSPS) is 18.7. The Morgan fingerprint density at radius 1 is 1.14 bits per heavy atom. The Bertz CT molecular complexity index is 825. The van der Waals surface area contributed by atoms with E-state index in [0.29, 0.717) is 23.8 Å². The third-order valence-electron chi connectivity index (χ3n) is 4.80. The van der Waals surface area contributed by atoms with Gasteiger partial charge < -0.3 is 14.5 Å². The van der Waals surface area contributed by atoms with Crippen molar-refractivity contribution < 1.29 is 13.7 Å². The molecule has 1 saturated heterocycles. The molecule has 0 N–H and O–H groups in total. The number of rotatable bonds is 7. The van der Waals surface area contributed by atoms with Gasteiger partial charge >= 0.3 is 0 Å². The van der Waals surface area contributed by atoms with E-state index in [1.54, 1.807) is 0 Å². The lowest BCUT2D eigenvalue weighted by atomic mass is 10.1. The summed E-state index contributed by atoms with van der Waals surface area (Å²) in [6.07, 6.45) is 0.770. The van der Waals surface area contributed by atoms with Crippen LogP contribution in [0.2, 0.25) is 0 Å². The molecule has 0 aliphatic carbocycles. The summed E-state index contributed by atoms with van der Waals surface area (Å²) < 4.78 is 18.5. The lowest BCUT2D eigenvalue weighted by molar-refractivity contribution is -0.136. The molecule has 7 heteroatoms. The van der Waals surface area contributed by atoms with Crippen LogP contribution in [-0.2, 0) is 22.1 Å². The van der Waals surface area contributed by atoms with Crippen LogP contribution >= 0.6 is 15.9 Å². The molecular formula is C21H25BrN2O3S. The summed E-state index contributed by atoms with van der Waals surface area (Å²) in [5, 5.41) is 0. The summed E-state index contributed by atoms with van der Waals surface area (Å²) in [5.74, 6) is 1.77. The average molecular weight is 465 g/mol. The van der Waals surface area contributed by atoms with E-state index < -0.39 is 10.8 Å². The molecule has 2 aromatic carbocycles. The number of halogens is 1. The van der Waals surface area contributed by atoms with Crippen molar-refractivity contribution in [3.63, 3.8) is 0 Å². The maximum atomic E-state index is 12.9. The quantitative estimate of drug-likeness (QED) is 0.629. The Kier molecular flexibility index (Phi) is 7.13. The highest BCUT2D eigenvalue weighted by atomic mass is 79.9. The van der Waals surface area contributed by atoms with Gasteiger partial charge in [-0.2, -0.15) is 0 Å². The van der Waals surface area contributed by atoms with E-state index in [4.69, 9.17) is 4.74 Å². The maximum absolute atomic E-state index is 12.9. The van der Waals surface area contributed by atoms with Crippen molar-refractivity contribution in [3.8, 4) is 5.75 Å². The second-order valence-corrected chi connectivity index (χ2v) is 9.62. The van der Waals surface area contributed by atoms with E-state index in [-0.39, 0.29) is 18.6 Å². The van der Waals surface area contributed by atoms with Gasteiger partial charge in [0, 0.05) is 59.1 Å². The molecule has 2 unspecified atom stereocenters. The largest absolute Gasteiger partial charge is 0.484 e. The molecule has 0 saturated carbocycles. The highest BCUT2D eigenvalue weighted by Crippen LogP contribution is 2.21. The van der Waals surface area contributed by atoms with Crippen LogP contribution in [0.3, 0.4) is 0 Å². The van der Waals surface area contributed by atoms with E-state index in [2.05, 4.69) is 15.9 Å². The fraction of sp³-hybridized carbons (Fsp3) is 0.381. The van der Waals surface area contributed by atoms with Crippen molar-refractivity contribution in [2.45, 2.75) is 19.0 Å². The smallest absolute Gasteiger partial charge is 0.261 e. The third-order valence-corrected chi connectivity index (χ3v) is 6.78. The third kappa shape index (κ3) is 5.58. The highest BCUT2D eigenvalue weighted by Gasteiger charge is 2.30. The predicted octanol–water partition coefficient (Wildman–Crippen LogP) is 3.44. The van der Waals surface area contributed by atoms with E-state index in [1.807, 2.05) is 72.4 Å². The molecule has 28 heavy (non-hydrogen) atoms. The van der Waals surface area contributed by atoms with Crippen LogP contribution in [-0.4, -0.2) is 53.3 Å². The molecule has 1 fully saturated rings. The van der Waals surface area contributed by atoms with Gasteiger partial charge in [0.2, 0.25) is 0 Å². The van der Waals surface area contributed by atoms with Gasteiger partial charge in [-0.25, -0.2) is 0 Å². The van der Waals surface area contributed by atoms with Gasteiger partial charge in [-0.05, 0) is 48.4 Å². The van der Waals surface area contributed by atoms with Gasteiger partial charge in [-0.15, -0.1) is 0 Å². The van der Waals surface area contributed by atoms with Gasteiger partial charge in [-0.3, -0.25) is 9.00 Å². The summed E-state index contributed by atoms with van der Waals surface area (Å²) in [6, 6.07) is 15.6. The Morgan fingerprint density at radius 2 is 1.82 bits per heavy atom. The van der Waals surface area contributed by atoms with Gasteiger partial charge in [0.05, 0.1) is 0 Å². The first kappa shape index (κ1) is 20.9. The van der Waals surface area contributed by atoms with Gasteiger partial charge in [0.15, 0.2) is 6.61 Å². The molecule has 0 spiro atoms. The standard InChI is InChI=1S/C21H25BrN2O3S/c1-23(2)18-7-3-16(4-8-18)13-24(19-11-12-28(26)15-19)21(25)14-27-20-9-5-17(22)6-10-20/h3-10,19H,11-15H2,1-2H3. The number of ether oxygens (including phenoxy) is 1. The molecule has 0 aromatic heterocycles. The average Bonchev–Trinajstić information content (AvgIpc) is 3.11. The summed E-state index contributed by atoms with van der Waals surface area (Å²) in [7, 11) is 3.15. The van der Waals surface area contributed by atoms with Crippen molar-refractivity contribution >= 4 is 38.3 Å². The number of carbonyl (C=O) groups is 1.